The fourth-order valence-electron chi connectivity index (χ4n) is 4.96. The minimum atomic E-state index is -1.08. The number of benzene rings is 4. The first-order chi connectivity index (χ1) is 43.3. The second kappa shape index (κ2) is 78.1. The van der Waals surface area contributed by atoms with E-state index in [9.17, 15) is 61.3 Å². The van der Waals surface area contributed by atoms with Crippen LogP contribution in [0.3, 0.4) is 0 Å². The van der Waals surface area contributed by atoms with Crippen molar-refractivity contribution < 1.29 is 187 Å². The number of rotatable bonds is 20. The first kappa shape index (κ1) is 117. The van der Waals surface area contributed by atoms with E-state index in [1.54, 1.807) is 100 Å². The molecule has 0 aliphatic heterocycles. The summed E-state index contributed by atoms with van der Waals surface area (Å²) in [5, 5.41) is 185. The monoisotopic (exact) mass is 1540 g/mol. The minimum absolute atomic E-state index is 0. The molecule has 0 fully saturated rings. The van der Waals surface area contributed by atoms with Crippen molar-refractivity contribution in [3.63, 3.8) is 0 Å². The summed E-state index contributed by atoms with van der Waals surface area (Å²) >= 11 is 0. The molecule has 0 radical (unpaired) electrons. The van der Waals surface area contributed by atoms with E-state index in [1.165, 1.54) is 49.1 Å². The Morgan fingerprint density at radius 3 is 0.490 bits per heavy atom. The summed E-state index contributed by atoms with van der Waals surface area (Å²) < 4.78 is 0. The summed E-state index contributed by atoms with van der Waals surface area (Å²) in [5.74, 6) is -4.81. The van der Waals surface area contributed by atoms with Crippen molar-refractivity contribution in [1.29, 1.82) is 0 Å². The molecule has 4 aromatic rings. The molecule has 0 aliphatic carbocycles. The van der Waals surface area contributed by atoms with E-state index in [1.807, 2.05) is 27.7 Å². The number of aliphatic hydroxyl groups is 12. The molecule has 4 rings (SSSR count). The Hall–Kier alpha value is -5.87. The molecule has 0 aliphatic rings. The number of carboxylic acid groups (broad SMARTS) is 4. The zero-order valence-corrected chi connectivity index (χ0v) is 60.1. The maximum Gasteiger partial charge on any atom is 2.00 e. The van der Waals surface area contributed by atoms with Crippen LogP contribution in [0.25, 0.3) is 0 Å². The quantitative estimate of drug-likeness (QED) is 0.0299. The summed E-state index contributed by atoms with van der Waals surface area (Å²) in [7, 11) is 0. The standard InChI is InChI=1S/4C12H17NO3.4C2H4O2.4C2H6O.4Ni/c4*1-2-12(8-14,9-15)13-7-10-5-3-4-6-11(10)16;4*1-2(3)4;4*1-2-3;;;;/h4*3-7,14-16H,2,8-9H2,1H3;4*1H3,(H,3,4);4*3H,2H2,1H3;;;;/q;;;;;;;;;;;;4*+2/p-8. The van der Waals surface area contributed by atoms with E-state index in [4.69, 9.17) is 60.0 Å². The van der Waals surface area contributed by atoms with Crippen LogP contribution in [0.15, 0.2) is 117 Å². The Morgan fingerprint density at radius 2 is 0.406 bits per heavy atom. The van der Waals surface area contributed by atoms with Crippen molar-refractivity contribution >= 4 is 48.7 Å². The number of aliphatic imine (C=N–C) groups is 4. The van der Waals surface area contributed by atoms with E-state index in [2.05, 4.69) is 20.0 Å². The predicted octanol–water partition coefficient (Wildman–Crippen LogP) is -3.74. The van der Waals surface area contributed by atoms with E-state index in [-0.39, 0.29) is 168 Å². The molecule has 0 unspecified atom stereocenters. The SMILES string of the molecule is CC(=O)[O-].CC(=O)[O-].CC(=O)[O-].CC(=O)[O-].CCC(CO)(CO)N=Cc1ccccc1[O-].CCC(CO)(CO)N=Cc1ccccc1[O-].CCC(CO)(CO)N=Cc1ccccc1[O-].CCC(CO)(CO)N=Cc1ccccc1[O-].CCO.CCO.CCO.CCO.[Ni+2].[Ni+2].[Ni+2].[Ni+2]. The van der Waals surface area contributed by atoms with Crippen LogP contribution in [-0.4, -0.2) is 211 Å². The third-order valence-corrected chi connectivity index (χ3v) is 10.6. The van der Waals surface area contributed by atoms with Gasteiger partial charge < -0.3 is 121 Å². The second-order valence-corrected chi connectivity index (χ2v) is 18.0. The predicted molar refractivity (Wildman–Crippen MR) is 336 cm³/mol. The van der Waals surface area contributed by atoms with Gasteiger partial charge in [0.05, 0.1) is 52.9 Å². The van der Waals surface area contributed by atoms with E-state index < -0.39 is 46.0 Å². The van der Waals surface area contributed by atoms with Gasteiger partial charge in [-0.15, -0.1) is 23.0 Å². The van der Waals surface area contributed by atoms with Gasteiger partial charge in [0.15, 0.2) is 0 Å². The van der Waals surface area contributed by atoms with Crippen molar-refractivity contribution in [3.05, 3.63) is 119 Å². The zero-order chi connectivity index (χ0) is 73.2. The normalized spacial score (nSPS) is 9.92. The van der Waals surface area contributed by atoms with Crippen molar-refractivity contribution in [2.75, 3.05) is 79.3 Å². The molecule has 12 N–H and O–H groups in total. The van der Waals surface area contributed by atoms with Gasteiger partial charge in [0, 0.05) is 75.2 Å². The molecule has 0 atom stereocenters. The maximum atomic E-state index is 11.4. The Labute approximate surface area is 605 Å². The number of hydrogen-bond donors (Lipinski definition) is 12. The van der Waals surface area contributed by atoms with E-state index in [0.29, 0.717) is 47.9 Å². The summed E-state index contributed by atoms with van der Waals surface area (Å²) in [6, 6.07) is 26.0. The van der Waals surface area contributed by atoms with Gasteiger partial charge in [0.25, 0.3) is 0 Å². The van der Waals surface area contributed by atoms with Crippen LogP contribution in [0.2, 0.25) is 0 Å². The Balaban J connectivity index is -0.0000000854. The van der Waals surface area contributed by atoms with Gasteiger partial charge in [-0.25, -0.2) is 0 Å². The van der Waals surface area contributed by atoms with Gasteiger partial charge in [-0.3, -0.25) is 20.0 Å². The first-order valence-corrected chi connectivity index (χ1v) is 28.5. The molecule has 28 nitrogen and oxygen atoms in total. The fourth-order valence-corrected chi connectivity index (χ4v) is 4.96. The minimum Gasteiger partial charge on any atom is -0.872 e. The second-order valence-electron chi connectivity index (χ2n) is 18.0. The molecule has 4 aromatic carbocycles. The van der Waals surface area contributed by atoms with Crippen LogP contribution in [0.4, 0.5) is 0 Å². The Morgan fingerprint density at radius 1 is 0.302 bits per heavy atom. The Bertz CT molecular complexity index is 2150. The molecule has 0 saturated heterocycles. The van der Waals surface area contributed by atoms with Crippen molar-refractivity contribution in [1.82, 2.24) is 0 Å². The van der Waals surface area contributed by atoms with Crippen LogP contribution >= 0.6 is 0 Å². The maximum absolute atomic E-state index is 11.4. The molecule has 0 aromatic heterocycles. The number of carboxylic acids is 4. The number of aliphatic carboxylic acids is 4. The zero-order valence-electron chi connectivity index (χ0n) is 56.2. The van der Waals surface area contributed by atoms with Gasteiger partial charge in [-0.05, 0) is 103 Å². The molecule has 0 bridgehead atoms. The largest absolute Gasteiger partial charge is 2.00 e. The molecule has 0 spiro atoms. The van der Waals surface area contributed by atoms with Crippen molar-refractivity contribution in [2.24, 2.45) is 20.0 Å². The van der Waals surface area contributed by atoms with Crippen LogP contribution in [0.5, 0.6) is 23.0 Å². The van der Waals surface area contributed by atoms with Crippen molar-refractivity contribution in [3.8, 4) is 23.0 Å². The van der Waals surface area contributed by atoms with E-state index in [0.717, 1.165) is 27.7 Å². The first-order valence-electron chi connectivity index (χ1n) is 28.5. The molecular formula is C64H100N4Ni4O24. The third-order valence-electron chi connectivity index (χ3n) is 10.6. The summed E-state index contributed by atoms with van der Waals surface area (Å²) in [5.41, 5.74) is -1.70. The average Bonchev–Trinajstić information content (AvgIpc) is 0.955. The van der Waals surface area contributed by atoms with Crippen LogP contribution in [0.1, 0.15) is 131 Å². The smallest absolute Gasteiger partial charge is 0.872 e. The summed E-state index contributed by atoms with van der Waals surface area (Å²) in [4.78, 5) is 52.0. The fraction of sp³-hybridized carbons (Fsp3) is 0.500. The number of hydrogen-bond acceptors (Lipinski definition) is 28. The molecule has 560 valence electrons. The number of para-hydroxylation sites is 4. The topological polar surface area (TPSA) is 545 Å². The molecular weight excluding hydrogens is 1440 g/mol. The van der Waals surface area contributed by atoms with E-state index >= 15 is 0 Å². The van der Waals surface area contributed by atoms with Gasteiger partial charge in [0.2, 0.25) is 0 Å². The van der Waals surface area contributed by atoms with Gasteiger partial charge in [0.1, 0.15) is 22.2 Å². The molecule has 96 heavy (non-hydrogen) atoms. The number of carbonyl (C=O) groups is 4. The van der Waals surface area contributed by atoms with Gasteiger partial charge >= 0.3 is 66.0 Å². The molecule has 0 heterocycles. The van der Waals surface area contributed by atoms with Crippen molar-refractivity contribution in [2.45, 2.75) is 131 Å². The summed E-state index contributed by atoms with van der Waals surface area (Å²) in [6.07, 6.45) is 7.71. The number of carbonyl (C=O) groups excluding carboxylic acids is 4. The van der Waals surface area contributed by atoms with Crippen LogP contribution < -0.4 is 40.9 Å². The van der Waals surface area contributed by atoms with Crippen LogP contribution in [-0.2, 0) is 85.1 Å². The molecule has 32 heteroatoms. The number of aliphatic hydroxyl groups excluding tert-OH is 12. The average molecular weight is 1540 g/mol. The molecule has 0 amide bonds. The van der Waals surface area contributed by atoms with Gasteiger partial charge in [-0.1, -0.05) is 125 Å². The Kier molecular flexibility index (Phi) is 95.5. The van der Waals surface area contributed by atoms with Crippen LogP contribution in [0, 0.1) is 0 Å². The molecule has 0 saturated carbocycles. The van der Waals surface area contributed by atoms with Gasteiger partial charge in [-0.2, -0.15) is 0 Å². The third kappa shape index (κ3) is 69.5. The summed E-state index contributed by atoms with van der Waals surface area (Å²) in [6.45, 7) is 17.0. The number of nitrogens with zero attached hydrogens (tertiary/aromatic N) is 4.